The number of rotatable bonds is 5. The van der Waals surface area contributed by atoms with Crippen LogP contribution >= 0.6 is 0 Å². The van der Waals surface area contributed by atoms with Gasteiger partial charge in [0.15, 0.2) is 0 Å². The first-order chi connectivity index (χ1) is 6.36. The Bertz CT molecular complexity index is 218. The van der Waals surface area contributed by atoms with Crippen LogP contribution in [0.25, 0.3) is 0 Å². The van der Waals surface area contributed by atoms with Crippen molar-refractivity contribution in [2.24, 2.45) is 0 Å². The minimum Gasteiger partial charge on any atom is -0.382 e. The summed E-state index contributed by atoms with van der Waals surface area (Å²) >= 11 is 0. The first-order valence-electron chi connectivity index (χ1n) is 5.09. The van der Waals surface area contributed by atoms with E-state index < -0.39 is 0 Å². The molecule has 1 unspecified atom stereocenters. The Morgan fingerprint density at radius 3 is 2.54 bits per heavy atom. The molecule has 1 atom stereocenters. The Hall–Kier alpha value is -0.980. The normalized spacial score (nSPS) is 12.5. The first kappa shape index (κ1) is 10.1. The van der Waals surface area contributed by atoms with E-state index in [1.807, 2.05) is 12.1 Å². The molecule has 1 radical (unpaired) electrons. The molecule has 0 aliphatic rings. The Morgan fingerprint density at radius 1 is 1.31 bits per heavy atom. The standard InChI is InChI=1S/C12H18N/c1-3-8-11(4-2)13-12-9-6-5-7-10-12/h6-7,9-11,13H,3-4,8H2,1-2H3. The van der Waals surface area contributed by atoms with Crippen LogP contribution in [-0.2, 0) is 0 Å². The van der Waals surface area contributed by atoms with Crippen LogP contribution < -0.4 is 5.32 Å². The second-order valence-corrected chi connectivity index (χ2v) is 3.33. The van der Waals surface area contributed by atoms with Crippen molar-refractivity contribution in [3.8, 4) is 0 Å². The molecule has 1 aromatic rings. The lowest BCUT2D eigenvalue weighted by molar-refractivity contribution is 0.623. The summed E-state index contributed by atoms with van der Waals surface area (Å²) in [5.41, 5.74) is 1.21. The predicted octanol–water partition coefficient (Wildman–Crippen LogP) is 3.48. The van der Waals surface area contributed by atoms with Gasteiger partial charge in [-0.2, -0.15) is 0 Å². The summed E-state index contributed by atoms with van der Waals surface area (Å²) in [5, 5.41) is 3.51. The number of nitrogens with one attached hydrogen (secondary N) is 1. The Kier molecular flexibility index (Phi) is 4.37. The van der Waals surface area contributed by atoms with Crippen molar-refractivity contribution in [3.63, 3.8) is 0 Å². The Balaban J connectivity index is 2.46. The molecule has 13 heavy (non-hydrogen) atoms. The molecule has 1 rings (SSSR count). The quantitative estimate of drug-likeness (QED) is 0.724. The van der Waals surface area contributed by atoms with Gasteiger partial charge in [0.25, 0.3) is 0 Å². The minimum absolute atomic E-state index is 0.618. The van der Waals surface area contributed by atoms with Gasteiger partial charge < -0.3 is 5.32 Å². The highest BCUT2D eigenvalue weighted by atomic mass is 14.9. The summed E-state index contributed by atoms with van der Waals surface area (Å²) in [5.74, 6) is 0. The molecule has 0 saturated carbocycles. The third-order valence-electron chi connectivity index (χ3n) is 2.22. The zero-order valence-electron chi connectivity index (χ0n) is 8.51. The smallest absolute Gasteiger partial charge is 0.0342 e. The lowest BCUT2D eigenvalue weighted by Crippen LogP contribution is -2.17. The second kappa shape index (κ2) is 5.63. The van der Waals surface area contributed by atoms with Gasteiger partial charge in [-0.1, -0.05) is 32.4 Å². The molecule has 0 aromatic heterocycles. The molecular weight excluding hydrogens is 158 g/mol. The van der Waals surface area contributed by atoms with E-state index in [4.69, 9.17) is 0 Å². The van der Waals surface area contributed by atoms with Gasteiger partial charge in [-0.05, 0) is 31.0 Å². The molecule has 1 N–H and O–H groups in total. The van der Waals surface area contributed by atoms with Crippen LogP contribution in [0.3, 0.4) is 0 Å². The fourth-order valence-corrected chi connectivity index (χ4v) is 1.45. The third kappa shape index (κ3) is 3.49. The lowest BCUT2D eigenvalue weighted by Gasteiger charge is -2.17. The average Bonchev–Trinajstić information content (AvgIpc) is 2.19. The molecule has 0 aliphatic heterocycles. The maximum absolute atomic E-state index is 3.51. The number of anilines is 1. The van der Waals surface area contributed by atoms with Crippen molar-refractivity contribution < 1.29 is 0 Å². The van der Waals surface area contributed by atoms with E-state index in [0.717, 1.165) is 0 Å². The van der Waals surface area contributed by atoms with Crippen molar-refractivity contribution in [1.29, 1.82) is 0 Å². The number of benzene rings is 1. The van der Waals surface area contributed by atoms with Crippen molar-refractivity contribution in [2.75, 3.05) is 5.32 Å². The lowest BCUT2D eigenvalue weighted by atomic mass is 10.1. The SMILES string of the molecule is CCCC(CC)Nc1cc[c]cc1. The van der Waals surface area contributed by atoms with E-state index in [1.54, 1.807) is 0 Å². The topological polar surface area (TPSA) is 12.0 Å². The summed E-state index contributed by atoms with van der Waals surface area (Å²) in [6, 6.07) is 11.7. The van der Waals surface area contributed by atoms with Crippen LogP contribution in [0.1, 0.15) is 33.1 Å². The second-order valence-electron chi connectivity index (χ2n) is 3.33. The molecule has 0 fully saturated rings. The van der Waals surface area contributed by atoms with E-state index in [9.17, 15) is 0 Å². The van der Waals surface area contributed by atoms with E-state index in [-0.39, 0.29) is 0 Å². The van der Waals surface area contributed by atoms with Crippen molar-refractivity contribution in [1.82, 2.24) is 0 Å². The van der Waals surface area contributed by atoms with Gasteiger partial charge in [-0.15, -0.1) is 0 Å². The molecule has 71 valence electrons. The van der Waals surface area contributed by atoms with Crippen LogP contribution in [0.15, 0.2) is 24.3 Å². The van der Waals surface area contributed by atoms with E-state index in [2.05, 4.69) is 37.4 Å². The highest BCUT2D eigenvalue weighted by Crippen LogP contribution is 2.11. The zero-order valence-corrected chi connectivity index (χ0v) is 8.51. The summed E-state index contributed by atoms with van der Waals surface area (Å²) in [6.07, 6.45) is 3.67. The summed E-state index contributed by atoms with van der Waals surface area (Å²) in [4.78, 5) is 0. The fraction of sp³-hybridized carbons (Fsp3) is 0.500. The third-order valence-corrected chi connectivity index (χ3v) is 2.22. The van der Waals surface area contributed by atoms with Gasteiger partial charge in [0.1, 0.15) is 0 Å². The van der Waals surface area contributed by atoms with Gasteiger partial charge in [-0.3, -0.25) is 0 Å². The van der Waals surface area contributed by atoms with Crippen LogP contribution in [0.5, 0.6) is 0 Å². The molecule has 1 aromatic carbocycles. The number of hydrogen-bond acceptors (Lipinski definition) is 1. The van der Waals surface area contributed by atoms with Gasteiger partial charge >= 0.3 is 0 Å². The Labute approximate surface area is 81.2 Å². The van der Waals surface area contributed by atoms with E-state index in [1.165, 1.54) is 24.9 Å². The summed E-state index contributed by atoms with van der Waals surface area (Å²) in [7, 11) is 0. The maximum Gasteiger partial charge on any atom is 0.0342 e. The average molecular weight is 176 g/mol. The molecule has 0 spiro atoms. The van der Waals surface area contributed by atoms with E-state index >= 15 is 0 Å². The number of hydrogen-bond donors (Lipinski definition) is 1. The highest BCUT2D eigenvalue weighted by Gasteiger charge is 2.03. The molecular formula is C12H18N. The van der Waals surface area contributed by atoms with Gasteiger partial charge in [-0.25, -0.2) is 0 Å². The van der Waals surface area contributed by atoms with Crippen LogP contribution in [0.4, 0.5) is 5.69 Å². The molecule has 0 saturated heterocycles. The molecule has 0 aliphatic carbocycles. The molecule has 0 amide bonds. The van der Waals surface area contributed by atoms with Crippen LogP contribution in [0, 0.1) is 6.07 Å². The first-order valence-corrected chi connectivity index (χ1v) is 5.09. The minimum atomic E-state index is 0.618. The zero-order chi connectivity index (χ0) is 9.52. The van der Waals surface area contributed by atoms with Gasteiger partial charge in [0.05, 0.1) is 0 Å². The van der Waals surface area contributed by atoms with Gasteiger partial charge in [0.2, 0.25) is 0 Å². The molecule has 1 heteroatoms. The van der Waals surface area contributed by atoms with E-state index in [0.29, 0.717) is 6.04 Å². The van der Waals surface area contributed by atoms with Gasteiger partial charge in [0, 0.05) is 11.7 Å². The summed E-state index contributed by atoms with van der Waals surface area (Å²) < 4.78 is 0. The summed E-state index contributed by atoms with van der Waals surface area (Å²) in [6.45, 7) is 4.45. The van der Waals surface area contributed by atoms with Crippen LogP contribution in [0.2, 0.25) is 0 Å². The molecule has 0 bridgehead atoms. The maximum atomic E-state index is 3.51. The largest absolute Gasteiger partial charge is 0.382 e. The fourth-order valence-electron chi connectivity index (χ4n) is 1.45. The van der Waals surface area contributed by atoms with Crippen molar-refractivity contribution in [2.45, 2.75) is 39.2 Å². The Morgan fingerprint density at radius 2 is 2.00 bits per heavy atom. The van der Waals surface area contributed by atoms with Crippen molar-refractivity contribution in [3.05, 3.63) is 30.3 Å². The van der Waals surface area contributed by atoms with Crippen LogP contribution in [-0.4, -0.2) is 6.04 Å². The monoisotopic (exact) mass is 176 g/mol. The van der Waals surface area contributed by atoms with Crippen molar-refractivity contribution >= 4 is 5.69 Å². The predicted molar refractivity (Wildman–Crippen MR) is 57.9 cm³/mol. The molecule has 1 nitrogen and oxygen atoms in total. The highest BCUT2D eigenvalue weighted by molar-refractivity contribution is 5.42. The molecule has 0 heterocycles.